The number of hydrogen-bond acceptors (Lipinski definition) is 15. The zero-order chi connectivity index (χ0) is 66.1. The molecular formula is C70H136O17P2. The first-order valence-electron chi connectivity index (χ1n) is 36.2. The van der Waals surface area contributed by atoms with Gasteiger partial charge in [-0.1, -0.05) is 293 Å². The van der Waals surface area contributed by atoms with Crippen molar-refractivity contribution in [3.05, 3.63) is 0 Å². The van der Waals surface area contributed by atoms with E-state index in [1.165, 1.54) is 141 Å². The molecule has 17 nitrogen and oxygen atoms in total. The molecule has 5 atom stereocenters. The molecule has 0 heterocycles. The minimum Gasteiger partial charge on any atom is -0.462 e. The molecular weight excluding hydrogens is 1170 g/mol. The molecule has 0 aromatic carbocycles. The van der Waals surface area contributed by atoms with E-state index in [0.29, 0.717) is 31.6 Å². The maximum atomic E-state index is 13.0. The number of rotatable bonds is 67. The molecule has 0 saturated heterocycles. The van der Waals surface area contributed by atoms with Gasteiger partial charge in [-0.15, -0.1) is 0 Å². The van der Waals surface area contributed by atoms with Crippen LogP contribution in [0.5, 0.6) is 0 Å². The predicted molar refractivity (Wildman–Crippen MR) is 358 cm³/mol. The fraction of sp³-hybridized carbons (Fsp3) is 0.943. The first kappa shape index (κ1) is 87.1. The van der Waals surface area contributed by atoms with Crippen LogP contribution in [-0.4, -0.2) is 96.7 Å². The fourth-order valence-corrected chi connectivity index (χ4v) is 12.1. The molecule has 528 valence electrons. The van der Waals surface area contributed by atoms with Crippen LogP contribution in [0.25, 0.3) is 0 Å². The quantitative estimate of drug-likeness (QED) is 0.0222. The first-order chi connectivity index (χ1) is 42.6. The Hall–Kier alpha value is -1.94. The van der Waals surface area contributed by atoms with Gasteiger partial charge in [0.05, 0.1) is 26.4 Å². The number of unbranched alkanes of at least 4 members (excludes halogenated alkanes) is 33. The zero-order valence-electron chi connectivity index (χ0n) is 58.1. The van der Waals surface area contributed by atoms with Crippen LogP contribution in [0.15, 0.2) is 0 Å². The Labute approximate surface area is 543 Å². The van der Waals surface area contributed by atoms with Gasteiger partial charge >= 0.3 is 39.5 Å². The molecule has 3 N–H and O–H groups in total. The third-order valence-corrected chi connectivity index (χ3v) is 18.0. The van der Waals surface area contributed by atoms with Crippen molar-refractivity contribution in [3.8, 4) is 0 Å². The number of esters is 4. The Morgan fingerprint density at radius 2 is 0.472 bits per heavy atom. The smallest absolute Gasteiger partial charge is 0.462 e. The van der Waals surface area contributed by atoms with Crippen molar-refractivity contribution in [2.45, 2.75) is 363 Å². The molecule has 0 rings (SSSR count). The molecule has 0 aliphatic heterocycles. The molecule has 0 aliphatic carbocycles. The summed E-state index contributed by atoms with van der Waals surface area (Å²) in [5, 5.41) is 10.6. The highest BCUT2D eigenvalue weighted by molar-refractivity contribution is 7.47. The second-order valence-corrected chi connectivity index (χ2v) is 30.1. The SMILES string of the molecule is CC(C)CCCCCCCCCCCCCC(=O)O[C@H](COC(=O)CCCCCCCCCC(C)C)COP(=O)(O)OCC(O)COP(=O)(O)OC[C@@H](COC(=O)CCCCCCCCCCCCC(C)C)OC(=O)CCCCCCCCCCCC(C)C. The number of carbonyl (C=O) groups excluding carboxylic acids is 4. The molecule has 0 radical (unpaired) electrons. The number of carbonyl (C=O) groups is 4. The Balaban J connectivity index is 5.26. The lowest BCUT2D eigenvalue weighted by Gasteiger charge is -2.21. The maximum Gasteiger partial charge on any atom is 0.472 e. The summed E-state index contributed by atoms with van der Waals surface area (Å²) in [4.78, 5) is 72.5. The van der Waals surface area contributed by atoms with E-state index >= 15 is 0 Å². The summed E-state index contributed by atoms with van der Waals surface area (Å²) >= 11 is 0. The minimum absolute atomic E-state index is 0.104. The summed E-state index contributed by atoms with van der Waals surface area (Å²) in [6.45, 7) is 14.1. The average molecular weight is 1310 g/mol. The van der Waals surface area contributed by atoms with E-state index in [9.17, 15) is 43.2 Å². The minimum atomic E-state index is -4.95. The highest BCUT2D eigenvalue weighted by Gasteiger charge is 2.30. The van der Waals surface area contributed by atoms with Crippen LogP contribution in [0.4, 0.5) is 0 Å². The predicted octanol–water partition coefficient (Wildman–Crippen LogP) is 19.7. The van der Waals surface area contributed by atoms with E-state index in [0.717, 1.165) is 114 Å². The lowest BCUT2D eigenvalue weighted by molar-refractivity contribution is -0.161. The third-order valence-electron chi connectivity index (χ3n) is 16.1. The summed E-state index contributed by atoms with van der Waals surface area (Å²) < 4.78 is 68.3. The van der Waals surface area contributed by atoms with Crippen LogP contribution < -0.4 is 0 Å². The standard InChI is InChI=1S/C70H136O17P2/c1-60(2)46-38-30-22-15-10-9-11-19-27-36-44-52-69(74)86-66(57-81-68(73)51-43-35-29-21-25-33-41-49-63(7)8)59-85-89(78,79)83-55-64(71)54-82-88(76,77)84-58-65(87-70(75)53-45-37-28-20-14-17-24-32-40-48-62(5)6)56-80-67(72)50-42-34-26-18-13-12-16-23-31-39-47-61(3)4/h60-66,71H,9-59H2,1-8H3,(H,76,77)(H,78,79)/t64?,65-,66-/m1/s1. The summed E-state index contributed by atoms with van der Waals surface area (Å²) in [7, 11) is -9.90. The number of aliphatic hydroxyl groups excluding tert-OH is 1. The second-order valence-electron chi connectivity index (χ2n) is 27.2. The van der Waals surface area contributed by atoms with Gasteiger partial charge in [0.2, 0.25) is 0 Å². The van der Waals surface area contributed by atoms with Gasteiger partial charge in [-0.05, 0) is 49.4 Å². The molecule has 0 spiro atoms. The molecule has 0 aromatic rings. The van der Waals surface area contributed by atoms with Crippen LogP contribution >= 0.6 is 15.6 Å². The average Bonchev–Trinajstić information content (AvgIpc) is 3.50. The summed E-state index contributed by atoms with van der Waals surface area (Å²) in [6.07, 6.45) is 41.7. The highest BCUT2D eigenvalue weighted by atomic mass is 31.2. The second kappa shape index (κ2) is 59.8. The van der Waals surface area contributed by atoms with Crippen molar-refractivity contribution in [1.29, 1.82) is 0 Å². The van der Waals surface area contributed by atoms with E-state index in [4.69, 9.17) is 37.0 Å². The van der Waals surface area contributed by atoms with Crippen LogP contribution in [0.3, 0.4) is 0 Å². The number of ether oxygens (including phenoxy) is 4. The van der Waals surface area contributed by atoms with Crippen molar-refractivity contribution in [1.82, 2.24) is 0 Å². The van der Waals surface area contributed by atoms with Crippen molar-refractivity contribution < 1.29 is 80.2 Å². The fourth-order valence-electron chi connectivity index (χ4n) is 10.5. The monoisotopic (exact) mass is 1310 g/mol. The van der Waals surface area contributed by atoms with Gasteiger partial charge in [-0.2, -0.15) is 0 Å². The first-order valence-corrected chi connectivity index (χ1v) is 39.2. The van der Waals surface area contributed by atoms with Gasteiger partial charge in [0, 0.05) is 25.7 Å². The lowest BCUT2D eigenvalue weighted by atomic mass is 10.0. The Morgan fingerprint density at radius 1 is 0.281 bits per heavy atom. The Bertz CT molecular complexity index is 1760. The molecule has 0 fully saturated rings. The molecule has 0 bridgehead atoms. The van der Waals surface area contributed by atoms with Crippen molar-refractivity contribution in [3.63, 3.8) is 0 Å². The Morgan fingerprint density at radius 3 is 0.697 bits per heavy atom. The van der Waals surface area contributed by atoms with Crippen LogP contribution in [-0.2, 0) is 65.4 Å². The molecule has 0 aliphatic rings. The van der Waals surface area contributed by atoms with Crippen molar-refractivity contribution >= 4 is 39.5 Å². The molecule has 0 aromatic heterocycles. The molecule has 89 heavy (non-hydrogen) atoms. The van der Waals surface area contributed by atoms with Gasteiger partial charge in [0.15, 0.2) is 12.2 Å². The topological polar surface area (TPSA) is 237 Å². The van der Waals surface area contributed by atoms with E-state index in [-0.39, 0.29) is 25.7 Å². The number of phosphoric ester groups is 2. The van der Waals surface area contributed by atoms with Crippen LogP contribution in [0, 0.1) is 23.7 Å². The number of phosphoric acid groups is 2. The molecule has 3 unspecified atom stereocenters. The maximum absolute atomic E-state index is 13.0. The normalized spacial score (nSPS) is 14.3. The molecule has 19 heteroatoms. The highest BCUT2D eigenvalue weighted by Crippen LogP contribution is 2.45. The van der Waals surface area contributed by atoms with E-state index in [2.05, 4.69) is 55.4 Å². The van der Waals surface area contributed by atoms with Gasteiger partial charge in [0.25, 0.3) is 0 Å². The zero-order valence-corrected chi connectivity index (χ0v) is 59.8. The Kier molecular flexibility index (Phi) is 58.5. The van der Waals surface area contributed by atoms with Gasteiger partial charge in [-0.25, -0.2) is 9.13 Å². The van der Waals surface area contributed by atoms with Gasteiger partial charge < -0.3 is 33.8 Å². The third kappa shape index (κ3) is 64.6. The summed E-state index contributed by atoms with van der Waals surface area (Å²) in [6, 6.07) is 0. The lowest BCUT2D eigenvalue weighted by Crippen LogP contribution is -2.30. The van der Waals surface area contributed by atoms with E-state index in [1.54, 1.807) is 0 Å². The van der Waals surface area contributed by atoms with Crippen LogP contribution in [0.2, 0.25) is 0 Å². The molecule has 0 saturated carbocycles. The molecule has 0 amide bonds. The van der Waals surface area contributed by atoms with Gasteiger partial charge in [-0.3, -0.25) is 37.3 Å². The number of hydrogen-bond donors (Lipinski definition) is 3. The number of aliphatic hydroxyl groups is 1. The largest absolute Gasteiger partial charge is 0.472 e. The van der Waals surface area contributed by atoms with Crippen molar-refractivity contribution in [2.75, 3.05) is 39.6 Å². The summed E-state index contributed by atoms with van der Waals surface area (Å²) in [5.41, 5.74) is 0. The van der Waals surface area contributed by atoms with Crippen molar-refractivity contribution in [2.24, 2.45) is 23.7 Å². The van der Waals surface area contributed by atoms with Gasteiger partial charge in [0.1, 0.15) is 19.3 Å². The van der Waals surface area contributed by atoms with Crippen LogP contribution in [0.1, 0.15) is 344 Å². The van der Waals surface area contributed by atoms with E-state index < -0.39 is 97.5 Å². The summed E-state index contributed by atoms with van der Waals surface area (Å²) in [5.74, 6) is 0.835. The van der Waals surface area contributed by atoms with E-state index in [1.807, 2.05) is 0 Å².